The van der Waals surface area contributed by atoms with Crippen LogP contribution in [0.3, 0.4) is 0 Å². The number of amides is 1. The standard InChI is InChI=1S/C12H16FN3O/c1-7(16-8(2)17)5-12(15)10-4-3-9(14)6-11(10)13/h3-4,6-7,15H,5,14H2,1-2H3,(H,16,17)/t7-/m1/s1. The number of hydrogen-bond acceptors (Lipinski definition) is 3. The van der Waals surface area contributed by atoms with E-state index in [-0.39, 0.29) is 29.6 Å². The molecule has 0 heterocycles. The van der Waals surface area contributed by atoms with Crippen LogP contribution in [-0.2, 0) is 4.79 Å². The summed E-state index contributed by atoms with van der Waals surface area (Å²) >= 11 is 0. The number of hydrogen-bond donors (Lipinski definition) is 3. The Hall–Kier alpha value is -1.91. The van der Waals surface area contributed by atoms with Crippen molar-refractivity contribution in [1.82, 2.24) is 5.32 Å². The third-order valence-corrected chi connectivity index (χ3v) is 2.28. The molecule has 92 valence electrons. The molecule has 1 aromatic carbocycles. The van der Waals surface area contributed by atoms with Gasteiger partial charge in [0.15, 0.2) is 0 Å². The number of nitrogen functional groups attached to an aromatic ring is 1. The van der Waals surface area contributed by atoms with E-state index in [9.17, 15) is 9.18 Å². The zero-order valence-electron chi connectivity index (χ0n) is 9.88. The first kappa shape index (κ1) is 13.2. The molecule has 0 aliphatic rings. The van der Waals surface area contributed by atoms with E-state index in [4.69, 9.17) is 11.1 Å². The minimum atomic E-state index is -0.509. The zero-order valence-corrected chi connectivity index (χ0v) is 9.88. The maximum atomic E-state index is 13.5. The summed E-state index contributed by atoms with van der Waals surface area (Å²) in [7, 11) is 0. The Balaban J connectivity index is 2.73. The number of nitrogens with two attached hydrogens (primary N) is 1. The monoisotopic (exact) mass is 237 g/mol. The summed E-state index contributed by atoms with van der Waals surface area (Å²) in [5, 5.41) is 10.4. The van der Waals surface area contributed by atoms with Crippen molar-refractivity contribution in [3.63, 3.8) is 0 Å². The lowest BCUT2D eigenvalue weighted by molar-refractivity contribution is -0.119. The van der Waals surface area contributed by atoms with Crippen LogP contribution < -0.4 is 11.1 Å². The number of anilines is 1. The van der Waals surface area contributed by atoms with Crippen molar-refractivity contribution in [2.75, 3.05) is 5.73 Å². The average molecular weight is 237 g/mol. The fourth-order valence-electron chi connectivity index (χ4n) is 1.59. The van der Waals surface area contributed by atoms with Crippen molar-refractivity contribution < 1.29 is 9.18 Å². The van der Waals surface area contributed by atoms with Crippen LogP contribution in [0.25, 0.3) is 0 Å². The van der Waals surface area contributed by atoms with E-state index in [2.05, 4.69) is 5.32 Å². The molecule has 4 nitrogen and oxygen atoms in total. The van der Waals surface area contributed by atoms with Gasteiger partial charge >= 0.3 is 0 Å². The Kier molecular flexibility index (Phi) is 4.20. The van der Waals surface area contributed by atoms with Gasteiger partial charge < -0.3 is 16.5 Å². The van der Waals surface area contributed by atoms with Crippen LogP contribution in [0.5, 0.6) is 0 Å². The maximum absolute atomic E-state index is 13.5. The Bertz CT molecular complexity index is 445. The van der Waals surface area contributed by atoms with Crippen molar-refractivity contribution in [2.24, 2.45) is 0 Å². The highest BCUT2D eigenvalue weighted by Gasteiger charge is 2.12. The van der Waals surface area contributed by atoms with Crippen LogP contribution >= 0.6 is 0 Å². The molecule has 4 N–H and O–H groups in total. The van der Waals surface area contributed by atoms with Crippen molar-refractivity contribution >= 4 is 17.3 Å². The second-order valence-electron chi connectivity index (χ2n) is 4.02. The van der Waals surface area contributed by atoms with Crippen LogP contribution in [-0.4, -0.2) is 17.7 Å². The number of benzene rings is 1. The van der Waals surface area contributed by atoms with E-state index in [1.54, 1.807) is 13.0 Å². The van der Waals surface area contributed by atoms with Crippen LogP contribution in [0.15, 0.2) is 18.2 Å². The van der Waals surface area contributed by atoms with Crippen molar-refractivity contribution in [3.8, 4) is 0 Å². The summed E-state index contributed by atoms with van der Waals surface area (Å²) < 4.78 is 13.5. The summed E-state index contributed by atoms with van der Waals surface area (Å²) in [6.07, 6.45) is 0.278. The van der Waals surface area contributed by atoms with Gasteiger partial charge in [-0.25, -0.2) is 4.39 Å². The van der Waals surface area contributed by atoms with Crippen LogP contribution in [0.4, 0.5) is 10.1 Å². The van der Waals surface area contributed by atoms with E-state index in [0.29, 0.717) is 5.69 Å². The molecule has 1 atom stereocenters. The molecule has 1 aromatic rings. The third-order valence-electron chi connectivity index (χ3n) is 2.28. The third kappa shape index (κ3) is 3.86. The highest BCUT2D eigenvalue weighted by atomic mass is 19.1. The number of carbonyl (C=O) groups is 1. The second kappa shape index (κ2) is 5.43. The van der Waals surface area contributed by atoms with Crippen LogP contribution in [0.1, 0.15) is 25.8 Å². The fraction of sp³-hybridized carbons (Fsp3) is 0.333. The van der Waals surface area contributed by atoms with Crippen LogP contribution in [0, 0.1) is 11.2 Å². The molecular weight excluding hydrogens is 221 g/mol. The lowest BCUT2D eigenvalue weighted by Gasteiger charge is -2.13. The molecule has 0 aliphatic heterocycles. The summed E-state index contributed by atoms with van der Waals surface area (Å²) in [4.78, 5) is 10.8. The van der Waals surface area contributed by atoms with Gasteiger partial charge in [0.25, 0.3) is 0 Å². The minimum absolute atomic E-state index is 0.142. The first-order valence-electron chi connectivity index (χ1n) is 5.30. The fourth-order valence-corrected chi connectivity index (χ4v) is 1.59. The lowest BCUT2D eigenvalue weighted by Crippen LogP contribution is -2.32. The Morgan fingerprint density at radius 1 is 1.59 bits per heavy atom. The molecule has 0 unspecified atom stereocenters. The molecule has 0 saturated heterocycles. The molecule has 0 aromatic heterocycles. The summed E-state index contributed by atoms with van der Waals surface area (Å²) in [6.45, 7) is 3.18. The highest BCUT2D eigenvalue weighted by molar-refractivity contribution is 5.99. The van der Waals surface area contributed by atoms with Gasteiger partial charge in [0.1, 0.15) is 5.82 Å². The molecule has 0 radical (unpaired) electrons. The van der Waals surface area contributed by atoms with Crippen molar-refractivity contribution in [1.29, 1.82) is 5.41 Å². The predicted octanol–water partition coefficient (Wildman–Crippen LogP) is 1.69. The van der Waals surface area contributed by atoms with Crippen molar-refractivity contribution in [2.45, 2.75) is 26.3 Å². The number of carbonyl (C=O) groups excluding carboxylic acids is 1. The van der Waals surface area contributed by atoms with E-state index in [0.717, 1.165) is 0 Å². The summed E-state index contributed by atoms with van der Waals surface area (Å²) in [5.74, 6) is -0.673. The Morgan fingerprint density at radius 3 is 2.76 bits per heavy atom. The van der Waals surface area contributed by atoms with Crippen LogP contribution in [0.2, 0.25) is 0 Å². The van der Waals surface area contributed by atoms with Gasteiger partial charge in [-0.05, 0) is 25.1 Å². The quantitative estimate of drug-likeness (QED) is 0.550. The van der Waals surface area contributed by atoms with Gasteiger partial charge in [-0.2, -0.15) is 0 Å². The number of nitrogens with one attached hydrogen (secondary N) is 2. The number of rotatable bonds is 4. The van der Waals surface area contributed by atoms with E-state index in [1.807, 2.05) is 0 Å². The summed E-state index contributed by atoms with van der Waals surface area (Å²) in [5.41, 5.74) is 6.12. The second-order valence-corrected chi connectivity index (χ2v) is 4.02. The van der Waals surface area contributed by atoms with E-state index < -0.39 is 5.82 Å². The zero-order chi connectivity index (χ0) is 13.0. The topological polar surface area (TPSA) is 79.0 Å². The average Bonchev–Trinajstić information content (AvgIpc) is 2.15. The lowest BCUT2D eigenvalue weighted by atomic mass is 10.0. The first-order valence-corrected chi connectivity index (χ1v) is 5.30. The predicted molar refractivity (Wildman–Crippen MR) is 65.5 cm³/mol. The SMILES string of the molecule is CC(=O)N[C@H](C)CC(=N)c1ccc(N)cc1F. The molecule has 5 heteroatoms. The van der Waals surface area contributed by atoms with Gasteiger partial charge in [-0.15, -0.1) is 0 Å². The number of halogens is 1. The van der Waals surface area contributed by atoms with E-state index in [1.165, 1.54) is 19.1 Å². The van der Waals surface area contributed by atoms with Gasteiger partial charge in [0, 0.05) is 36.3 Å². The Morgan fingerprint density at radius 2 is 2.24 bits per heavy atom. The summed E-state index contributed by atoms with van der Waals surface area (Å²) in [6, 6.07) is 4.02. The van der Waals surface area contributed by atoms with Crippen molar-refractivity contribution in [3.05, 3.63) is 29.6 Å². The highest BCUT2D eigenvalue weighted by Crippen LogP contribution is 2.14. The Labute approximate surface area is 99.5 Å². The smallest absolute Gasteiger partial charge is 0.217 e. The maximum Gasteiger partial charge on any atom is 0.217 e. The molecule has 1 amide bonds. The molecule has 0 spiro atoms. The van der Waals surface area contributed by atoms with Gasteiger partial charge in [-0.3, -0.25) is 4.79 Å². The van der Waals surface area contributed by atoms with E-state index >= 15 is 0 Å². The normalized spacial score (nSPS) is 11.9. The molecule has 0 saturated carbocycles. The molecule has 0 aliphatic carbocycles. The molecule has 0 fully saturated rings. The van der Waals surface area contributed by atoms with Gasteiger partial charge in [-0.1, -0.05) is 0 Å². The molecule has 0 bridgehead atoms. The molecule has 17 heavy (non-hydrogen) atoms. The molecule has 1 rings (SSSR count). The largest absolute Gasteiger partial charge is 0.399 e. The first-order chi connectivity index (χ1) is 7.90. The minimum Gasteiger partial charge on any atom is -0.399 e. The molecular formula is C12H16FN3O. The van der Waals surface area contributed by atoms with Gasteiger partial charge in [0.05, 0.1) is 0 Å². The van der Waals surface area contributed by atoms with Gasteiger partial charge in [0.2, 0.25) is 5.91 Å².